The van der Waals surface area contributed by atoms with Gasteiger partial charge in [-0.25, -0.2) is 4.79 Å². The van der Waals surface area contributed by atoms with Crippen molar-refractivity contribution in [1.82, 2.24) is 11.0 Å². The quantitative estimate of drug-likeness (QED) is 0.288. The Morgan fingerprint density at radius 1 is 1.17 bits per heavy atom. The molecule has 9 nitrogen and oxygen atoms in total. The molecule has 2 aromatic rings. The number of rotatable bonds is 8. The highest BCUT2D eigenvalue weighted by Crippen LogP contribution is 2.40. The SMILES string of the molecule is CCOC(=O)C1=CN(c2cc(C(=O)Nc3cc(C(C)(C)C)cc(NSC)c3OC)ccc2Cl)NN1. The Balaban J connectivity index is 1.93. The Labute approximate surface area is 214 Å². The number of hydrazine groups is 2. The fraction of sp³-hybridized carbons (Fsp3) is 0.333. The van der Waals surface area contributed by atoms with E-state index in [4.69, 9.17) is 21.1 Å². The molecule has 3 rings (SSSR count). The van der Waals surface area contributed by atoms with Crippen LogP contribution in [0.3, 0.4) is 0 Å². The van der Waals surface area contributed by atoms with Crippen LogP contribution < -0.4 is 30.7 Å². The van der Waals surface area contributed by atoms with Gasteiger partial charge in [0.15, 0.2) is 11.4 Å². The van der Waals surface area contributed by atoms with E-state index in [2.05, 4.69) is 41.8 Å². The second-order valence-electron chi connectivity index (χ2n) is 8.65. The molecule has 1 amide bonds. The van der Waals surface area contributed by atoms with E-state index < -0.39 is 5.97 Å². The molecule has 0 saturated heterocycles. The fourth-order valence-electron chi connectivity index (χ4n) is 3.35. The Morgan fingerprint density at radius 2 is 1.89 bits per heavy atom. The van der Waals surface area contributed by atoms with Crippen molar-refractivity contribution >= 4 is 52.5 Å². The molecule has 0 atom stereocenters. The largest absolute Gasteiger partial charge is 0.492 e. The molecular weight excluding hydrogens is 490 g/mol. The van der Waals surface area contributed by atoms with Crippen molar-refractivity contribution in [2.24, 2.45) is 0 Å². The maximum Gasteiger partial charge on any atom is 0.357 e. The van der Waals surface area contributed by atoms with Gasteiger partial charge in [-0.1, -0.05) is 44.3 Å². The Bertz CT molecular complexity index is 1150. The molecule has 1 heterocycles. The summed E-state index contributed by atoms with van der Waals surface area (Å²) in [5.74, 6) is -0.320. The van der Waals surface area contributed by atoms with Crippen LogP contribution in [0.4, 0.5) is 17.1 Å². The van der Waals surface area contributed by atoms with Crippen LogP contribution >= 0.6 is 23.5 Å². The third-order valence-electron chi connectivity index (χ3n) is 5.15. The zero-order chi connectivity index (χ0) is 25.8. The van der Waals surface area contributed by atoms with Crippen LogP contribution in [0, 0.1) is 0 Å². The van der Waals surface area contributed by atoms with Crippen LogP contribution in [-0.4, -0.2) is 31.8 Å². The summed E-state index contributed by atoms with van der Waals surface area (Å²) in [7, 11) is 1.56. The summed E-state index contributed by atoms with van der Waals surface area (Å²) in [6.45, 7) is 8.28. The lowest BCUT2D eigenvalue weighted by molar-refractivity contribution is -0.138. The third kappa shape index (κ3) is 6.14. The van der Waals surface area contributed by atoms with E-state index in [1.165, 1.54) is 23.2 Å². The van der Waals surface area contributed by atoms with Crippen LogP contribution in [0.2, 0.25) is 5.02 Å². The van der Waals surface area contributed by atoms with E-state index in [1.807, 2.05) is 18.4 Å². The topological polar surface area (TPSA) is 104 Å². The summed E-state index contributed by atoms with van der Waals surface area (Å²) in [6.07, 6.45) is 3.43. The molecular formula is C24H30ClN5O4S. The minimum atomic E-state index is -0.506. The summed E-state index contributed by atoms with van der Waals surface area (Å²) in [6, 6.07) is 8.80. The Morgan fingerprint density at radius 3 is 2.51 bits per heavy atom. The van der Waals surface area contributed by atoms with Crippen molar-refractivity contribution < 1.29 is 19.1 Å². The molecule has 0 aromatic heterocycles. The number of hydrogen-bond acceptors (Lipinski definition) is 9. The summed E-state index contributed by atoms with van der Waals surface area (Å²) in [5, 5.41) is 4.86. The molecule has 0 fully saturated rings. The van der Waals surface area contributed by atoms with E-state index in [9.17, 15) is 9.59 Å². The maximum atomic E-state index is 13.3. The molecule has 0 bridgehead atoms. The molecule has 2 aromatic carbocycles. The minimum absolute atomic E-state index is 0.147. The highest BCUT2D eigenvalue weighted by molar-refractivity contribution is 7.99. The first-order valence-corrected chi connectivity index (χ1v) is 12.5. The zero-order valence-corrected chi connectivity index (χ0v) is 22.1. The average Bonchev–Trinajstić information content (AvgIpc) is 3.29. The van der Waals surface area contributed by atoms with Crippen LogP contribution in [0.25, 0.3) is 0 Å². The third-order valence-corrected chi connectivity index (χ3v) is 5.90. The lowest BCUT2D eigenvalue weighted by atomic mass is 9.86. The second kappa shape index (κ2) is 11.1. The van der Waals surface area contributed by atoms with Gasteiger partial charge in [-0.3, -0.25) is 15.2 Å². The molecule has 35 heavy (non-hydrogen) atoms. The Kier molecular flexibility index (Phi) is 8.42. The van der Waals surface area contributed by atoms with E-state index in [0.717, 1.165) is 11.3 Å². The number of nitrogens with zero attached hydrogens (tertiary/aromatic N) is 1. The van der Waals surface area contributed by atoms with Gasteiger partial charge < -0.3 is 19.5 Å². The van der Waals surface area contributed by atoms with E-state index in [-0.39, 0.29) is 23.6 Å². The molecule has 1 aliphatic heterocycles. The smallest absolute Gasteiger partial charge is 0.357 e. The summed E-state index contributed by atoms with van der Waals surface area (Å²) in [4.78, 5) is 25.3. The maximum absolute atomic E-state index is 13.3. The van der Waals surface area contributed by atoms with Gasteiger partial charge >= 0.3 is 5.97 Å². The van der Waals surface area contributed by atoms with Crippen LogP contribution in [0.5, 0.6) is 5.75 Å². The van der Waals surface area contributed by atoms with Gasteiger partial charge in [0.25, 0.3) is 5.91 Å². The molecule has 0 unspecified atom stereocenters. The average molecular weight is 520 g/mol. The standard InChI is InChI=1S/C24H30ClN5O4S/c1-7-34-23(32)19-13-30(29-27-19)20-10-14(8-9-16(20)25)22(31)26-17-11-15(24(2,3)4)12-18(28-35-6)21(17)33-5/h8-13,27-29H,7H2,1-6H3,(H,26,31). The molecule has 1 aliphatic rings. The van der Waals surface area contributed by atoms with Crippen molar-refractivity contribution in [2.75, 3.05) is 35.0 Å². The predicted octanol–water partition coefficient (Wildman–Crippen LogP) is 4.82. The summed E-state index contributed by atoms with van der Waals surface area (Å²) >= 11 is 7.82. The monoisotopic (exact) mass is 519 g/mol. The fourth-order valence-corrected chi connectivity index (χ4v) is 3.93. The predicted molar refractivity (Wildman–Crippen MR) is 142 cm³/mol. The van der Waals surface area contributed by atoms with Gasteiger partial charge in [0, 0.05) is 11.8 Å². The molecule has 188 valence electrons. The highest BCUT2D eigenvalue weighted by atomic mass is 35.5. The minimum Gasteiger partial charge on any atom is -0.492 e. The molecule has 0 aliphatic carbocycles. The molecule has 11 heteroatoms. The first-order valence-electron chi connectivity index (χ1n) is 10.9. The first-order chi connectivity index (χ1) is 16.6. The van der Waals surface area contributed by atoms with Gasteiger partial charge in [0.1, 0.15) is 0 Å². The molecule has 4 N–H and O–H groups in total. The molecule has 0 radical (unpaired) electrons. The van der Waals surface area contributed by atoms with Crippen LogP contribution in [0.1, 0.15) is 43.6 Å². The van der Waals surface area contributed by atoms with Gasteiger partial charge in [-0.2, -0.15) is 0 Å². The van der Waals surface area contributed by atoms with Gasteiger partial charge in [0.2, 0.25) is 0 Å². The van der Waals surface area contributed by atoms with Crippen molar-refractivity contribution in [3.63, 3.8) is 0 Å². The number of ether oxygens (including phenoxy) is 2. The van der Waals surface area contributed by atoms with Gasteiger partial charge in [-0.15, -0.1) is 5.53 Å². The molecule has 0 saturated carbocycles. The lowest BCUT2D eigenvalue weighted by Gasteiger charge is -2.24. The number of anilines is 3. The van der Waals surface area contributed by atoms with Gasteiger partial charge in [0.05, 0.1) is 42.0 Å². The number of methoxy groups -OCH3 is 1. The molecule has 0 spiro atoms. The number of esters is 1. The normalized spacial score (nSPS) is 13.1. The number of benzene rings is 2. The number of halogens is 1. The van der Waals surface area contributed by atoms with Crippen molar-refractivity contribution in [3.8, 4) is 5.75 Å². The van der Waals surface area contributed by atoms with E-state index in [0.29, 0.717) is 27.7 Å². The number of amides is 1. The van der Waals surface area contributed by atoms with Crippen LogP contribution in [-0.2, 0) is 14.9 Å². The number of nitrogens with one attached hydrogen (secondary N) is 4. The van der Waals surface area contributed by atoms with Crippen molar-refractivity contribution in [2.45, 2.75) is 33.1 Å². The van der Waals surface area contributed by atoms with E-state index in [1.54, 1.807) is 32.2 Å². The van der Waals surface area contributed by atoms with Gasteiger partial charge in [-0.05, 0) is 48.2 Å². The second-order valence-corrected chi connectivity index (χ2v) is 9.67. The lowest BCUT2D eigenvalue weighted by Crippen LogP contribution is -2.37. The van der Waals surface area contributed by atoms with Crippen molar-refractivity contribution in [3.05, 3.63) is 58.4 Å². The highest BCUT2D eigenvalue weighted by Gasteiger charge is 2.24. The van der Waals surface area contributed by atoms with Crippen molar-refractivity contribution in [1.29, 1.82) is 0 Å². The number of carbonyl (C=O) groups excluding carboxylic acids is 2. The number of hydrogen-bond donors (Lipinski definition) is 4. The first kappa shape index (κ1) is 26.5. The summed E-state index contributed by atoms with van der Waals surface area (Å²) < 4.78 is 13.8. The van der Waals surface area contributed by atoms with E-state index >= 15 is 0 Å². The zero-order valence-electron chi connectivity index (χ0n) is 20.5. The summed E-state index contributed by atoms with van der Waals surface area (Å²) in [5.41, 5.74) is 8.82. The Hall–Kier alpha value is -3.08. The number of carbonyl (C=O) groups is 2. The van der Waals surface area contributed by atoms with Crippen LogP contribution in [0.15, 0.2) is 42.2 Å².